The third-order valence-corrected chi connectivity index (χ3v) is 6.10. The van der Waals surface area contributed by atoms with Crippen LogP contribution in [0.3, 0.4) is 0 Å². The number of amides is 2. The maximum absolute atomic E-state index is 13.2. The van der Waals surface area contributed by atoms with Gasteiger partial charge in [0.2, 0.25) is 0 Å². The first-order valence-corrected chi connectivity index (χ1v) is 10.7. The minimum absolute atomic E-state index is 0.259. The summed E-state index contributed by atoms with van der Waals surface area (Å²) in [5, 5.41) is 0. The molecule has 0 aromatic heterocycles. The van der Waals surface area contributed by atoms with Crippen LogP contribution < -0.4 is 0 Å². The number of carbonyl (C=O) groups is 2. The molecule has 2 amide bonds. The second-order valence-electron chi connectivity index (χ2n) is 6.98. The Labute approximate surface area is 179 Å². The first-order valence-electron chi connectivity index (χ1n) is 9.70. The molecule has 30 heavy (non-hydrogen) atoms. The summed E-state index contributed by atoms with van der Waals surface area (Å²) in [5.74, 6) is -0.234. The maximum atomic E-state index is 13.2. The lowest BCUT2D eigenvalue weighted by molar-refractivity contribution is -0.136. The lowest BCUT2D eigenvalue weighted by Gasteiger charge is -2.15. The number of carbonyl (C=O) groups excluding carboxylic acids is 2. The largest absolute Gasteiger partial charge is 0.274 e. The molecule has 0 aliphatic carbocycles. The number of rotatable bonds is 7. The zero-order chi connectivity index (χ0) is 20.9. The van der Waals surface area contributed by atoms with Gasteiger partial charge in [-0.15, -0.1) is 11.8 Å². The van der Waals surface area contributed by atoms with Crippen LogP contribution >= 0.6 is 11.8 Å². The van der Waals surface area contributed by atoms with Crippen LogP contribution in [0.1, 0.15) is 16.7 Å². The standard InChI is InChI=1S/C25H20FNO2S/c26-21-13-11-18(12-14-21)15-16-27-24(28)22(20-9-5-2-6-10-20)23(25(27)29)30-17-19-7-3-1-4-8-19/h1-14H,15-17H2. The van der Waals surface area contributed by atoms with E-state index in [0.29, 0.717) is 22.7 Å². The van der Waals surface area contributed by atoms with Gasteiger partial charge in [0.05, 0.1) is 10.5 Å². The highest BCUT2D eigenvalue weighted by atomic mass is 32.2. The van der Waals surface area contributed by atoms with Gasteiger partial charge in [0, 0.05) is 12.3 Å². The number of halogens is 1. The van der Waals surface area contributed by atoms with Crippen LogP contribution in [0.25, 0.3) is 5.57 Å². The third-order valence-electron chi connectivity index (χ3n) is 4.95. The van der Waals surface area contributed by atoms with Gasteiger partial charge in [-0.2, -0.15) is 0 Å². The molecule has 5 heteroatoms. The van der Waals surface area contributed by atoms with Crippen molar-refractivity contribution in [2.75, 3.05) is 6.54 Å². The van der Waals surface area contributed by atoms with E-state index in [9.17, 15) is 14.0 Å². The molecule has 0 spiro atoms. The van der Waals surface area contributed by atoms with Gasteiger partial charge in [0.15, 0.2) is 0 Å². The SMILES string of the molecule is O=C1C(SCc2ccccc2)=C(c2ccccc2)C(=O)N1CCc1ccc(F)cc1. The first-order chi connectivity index (χ1) is 14.6. The van der Waals surface area contributed by atoms with Crippen LogP contribution in [0.15, 0.2) is 89.8 Å². The molecule has 0 radical (unpaired) electrons. The molecule has 0 atom stereocenters. The molecule has 3 nitrogen and oxygen atoms in total. The Bertz CT molecular complexity index is 1080. The molecule has 0 unspecified atom stereocenters. The number of imide groups is 1. The fourth-order valence-electron chi connectivity index (χ4n) is 3.37. The summed E-state index contributed by atoms with van der Waals surface area (Å²) in [5.41, 5.74) is 3.17. The van der Waals surface area contributed by atoms with Crippen LogP contribution in [-0.4, -0.2) is 23.3 Å². The van der Waals surface area contributed by atoms with E-state index in [-0.39, 0.29) is 24.2 Å². The zero-order valence-electron chi connectivity index (χ0n) is 16.3. The zero-order valence-corrected chi connectivity index (χ0v) is 17.1. The van der Waals surface area contributed by atoms with Crippen molar-refractivity contribution in [1.29, 1.82) is 0 Å². The average Bonchev–Trinajstić information content (AvgIpc) is 3.02. The molecule has 0 saturated heterocycles. The molecular formula is C25H20FNO2S. The molecule has 3 aromatic rings. The van der Waals surface area contributed by atoms with E-state index >= 15 is 0 Å². The fraction of sp³-hybridized carbons (Fsp3) is 0.120. The van der Waals surface area contributed by atoms with Crippen LogP contribution in [0.5, 0.6) is 0 Å². The molecule has 0 saturated carbocycles. The van der Waals surface area contributed by atoms with Gasteiger partial charge in [-0.1, -0.05) is 72.8 Å². The molecule has 0 N–H and O–H groups in total. The molecule has 4 rings (SSSR count). The summed E-state index contributed by atoms with van der Waals surface area (Å²) in [6.07, 6.45) is 0.483. The van der Waals surface area contributed by atoms with Gasteiger partial charge in [0.1, 0.15) is 5.82 Å². The Hall–Kier alpha value is -3.18. The highest BCUT2D eigenvalue weighted by Crippen LogP contribution is 2.37. The molecule has 0 bridgehead atoms. The summed E-state index contributed by atoms with van der Waals surface area (Å²) in [6, 6.07) is 25.3. The average molecular weight is 418 g/mol. The van der Waals surface area contributed by atoms with E-state index in [4.69, 9.17) is 0 Å². The Morgan fingerprint density at radius 1 is 0.733 bits per heavy atom. The smallest absolute Gasteiger partial charge is 0.268 e. The lowest BCUT2D eigenvalue weighted by Crippen LogP contribution is -2.33. The number of hydrogen-bond donors (Lipinski definition) is 0. The topological polar surface area (TPSA) is 37.4 Å². The second kappa shape index (κ2) is 9.09. The van der Waals surface area contributed by atoms with E-state index < -0.39 is 0 Å². The van der Waals surface area contributed by atoms with Crippen LogP contribution in [0.2, 0.25) is 0 Å². The van der Waals surface area contributed by atoms with Gasteiger partial charge in [-0.05, 0) is 35.2 Å². The maximum Gasteiger partial charge on any atom is 0.268 e. The summed E-state index contributed by atoms with van der Waals surface area (Å²) >= 11 is 1.40. The highest BCUT2D eigenvalue weighted by Gasteiger charge is 2.38. The Kier molecular flexibility index (Phi) is 6.10. The van der Waals surface area contributed by atoms with Crippen molar-refractivity contribution in [2.45, 2.75) is 12.2 Å². The van der Waals surface area contributed by atoms with Crippen LogP contribution in [-0.2, 0) is 21.8 Å². The summed E-state index contributed by atoms with van der Waals surface area (Å²) < 4.78 is 13.1. The summed E-state index contributed by atoms with van der Waals surface area (Å²) in [7, 11) is 0. The van der Waals surface area contributed by atoms with Gasteiger partial charge in [0.25, 0.3) is 11.8 Å². The molecule has 1 aliphatic heterocycles. The van der Waals surface area contributed by atoms with Crippen molar-refractivity contribution in [1.82, 2.24) is 4.90 Å². The second-order valence-corrected chi connectivity index (χ2v) is 7.97. The first kappa shape index (κ1) is 20.1. The number of hydrogen-bond acceptors (Lipinski definition) is 3. The molecule has 1 heterocycles. The minimum atomic E-state index is -0.306. The van der Waals surface area contributed by atoms with Gasteiger partial charge >= 0.3 is 0 Å². The van der Waals surface area contributed by atoms with E-state index in [1.54, 1.807) is 12.1 Å². The van der Waals surface area contributed by atoms with Crippen molar-refractivity contribution in [2.24, 2.45) is 0 Å². The minimum Gasteiger partial charge on any atom is -0.274 e. The lowest BCUT2D eigenvalue weighted by atomic mass is 10.1. The van der Waals surface area contributed by atoms with Crippen molar-refractivity contribution < 1.29 is 14.0 Å². The molecule has 150 valence electrons. The molecular weight excluding hydrogens is 397 g/mol. The number of nitrogens with zero attached hydrogens (tertiary/aromatic N) is 1. The number of thioether (sulfide) groups is 1. The quantitative estimate of drug-likeness (QED) is 0.503. The predicted molar refractivity (Wildman–Crippen MR) is 118 cm³/mol. The Morgan fingerprint density at radius 3 is 2.03 bits per heavy atom. The summed E-state index contributed by atoms with van der Waals surface area (Å²) in [6.45, 7) is 0.259. The van der Waals surface area contributed by atoms with Crippen molar-refractivity contribution in [3.63, 3.8) is 0 Å². The fourth-order valence-corrected chi connectivity index (χ4v) is 4.46. The molecule has 3 aromatic carbocycles. The van der Waals surface area contributed by atoms with Crippen molar-refractivity contribution in [3.8, 4) is 0 Å². The molecule has 1 aliphatic rings. The Balaban J connectivity index is 1.57. The monoisotopic (exact) mass is 417 g/mol. The van der Waals surface area contributed by atoms with E-state index in [0.717, 1.165) is 16.7 Å². The predicted octanol–water partition coefficient (Wildman–Crippen LogP) is 5.08. The van der Waals surface area contributed by atoms with Crippen LogP contribution in [0.4, 0.5) is 4.39 Å². The van der Waals surface area contributed by atoms with Gasteiger partial charge in [-0.25, -0.2) is 4.39 Å². The highest BCUT2D eigenvalue weighted by molar-refractivity contribution is 8.03. The van der Waals surface area contributed by atoms with Crippen molar-refractivity contribution >= 4 is 29.1 Å². The normalized spacial score (nSPS) is 14.0. The van der Waals surface area contributed by atoms with Gasteiger partial charge in [-0.3, -0.25) is 14.5 Å². The van der Waals surface area contributed by atoms with E-state index in [1.165, 1.54) is 28.8 Å². The van der Waals surface area contributed by atoms with E-state index in [2.05, 4.69) is 0 Å². The van der Waals surface area contributed by atoms with Crippen molar-refractivity contribution in [3.05, 3.63) is 112 Å². The number of benzene rings is 3. The van der Waals surface area contributed by atoms with Crippen LogP contribution in [0, 0.1) is 5.82 Å². The summed E-state index contributed by atoms with van der Waals surface area (Å²) in [4.78, 5) is 28.1. The third kappa shape index (κ3) is 4.36. The Morgan fingerprint density at radius 2 is 1.37 bits per heavy atom. The van der Waals surface area contributed by atoms with E-state index in [1.807, 2.05) is 60.7 Å². The van der Waals surface area contributed by atoms with Gasteiger partial charge < -0.3 is 0 Å². The molecule has 0 fully saturated rings.